The number of nitrogens with zero attached hydrogens (tertiary/aromatic N) is 1. The first-order valence-corrected chi connectivity index (χ1v) is 19.0. The van der Waals surface area contributed by atoms with Crippen molar-refractivity contribution in [1.82, 2.24) is 21.1 Å². The molecule has 0 bridgehead atoms. The minimum absolute atomic E-state index is 0.00834. The Kier molecular flexibility index (Phi) is 20.6. The molecule has 0 radical (unpaired) electrons. The van der Waals surface area contributed by atoms with E-state index in [1.54, 1.807) is 51.3 Å². The molecule has 2 amide bonds. The normalized spacial score (nSPS) is 19.3. The molecule has 1 aromatic carbocycles. The van der Waals surface area contributed by atoms with E-state index < -0.39 is 54.2 Å². The van der Waals surface area contributed by atoms with Crippen molar-refractivity contribution in [1.29, 1.82) is 0 Å². The number of carbonyl (C=O) groups excluding carboxylic acids is 5. The summed E-state index contributed by atoms with van der Waals surface area (Å²) in [5, 5.41) is 28.5. The molecule has 6 unspecified atom stereocenters. The minimum Gasteiger partial charge on any atom is -0.456 e. The molecule has 5 N–H and O–H groups in total. The Morgan fingerprint density at radius 2 is 1.76 bits per heavy atom. The van der Waals surface area contributed by atoms with E-state index >= 15 is 0 Å². The Bertz CT molecular complexity index is 1470. The van der Waals surface area contributed by atoms with Crippen LogP contribution in [-0.2, 0) is 35.1 Å². The van der Waals surface area contributed by atoms with Crippen LogP contribution >= 0.6 is 0 Å². The lowest BCUT2D eigenvalue weighted by atomic mass is 9.86. The summed E-state index contributed by atoms with van der Waals surface area (Å²) in [4.78, 5) is 63.7. The molecule has 1 heterocycles. The fourth-order valence-corrected chi connectivity index (χ4v) is 6.25. The van der Waals surface area contributed by atoms with Gasteiger partial charge in [-0.25, -0.2) is 5.43 Å². The molecule has 1 aliphatic heterocycles. The summed E-state index contributed by atoms with van der Waals surface area (Å²) in [6.07, 6.45) is 12.2. The summed E-state index contributed by atoms with van der Waals surface area (Å²) in [7, 11) is 1.70. The number of allylic oxidation sites excluding steroid dienone is 5. The lowest BCUT2D eigenvalue weighted by molar-refractivity contribution is -0.156. The number of benzene rings is 1. The zero-order chi connectivity index (χ0) is 40.2. The molecule has 298 valence electrons. The van der Waals surface area contributed by atoms with E-state index in [-0.39, 0.29) is 36.4 Å². The predicted molar refractivity (Wildman–Crippen MR) is 210 cm³/mol. The maximum Gasteiger partial charge on any atom is 0.325 e. The van der Waals surface area contributed by atoms with Crippen LogP contribution < -0.4 is 16.1 Å². The molecule has 0 aliphatic carbocycles. The van der Waals surface area contributed by atoms with E-state index in [4.69, 9.17) is 4.74 Å². The number of hydrogen-bond acceptors (Lipinski definition) is 10. The molecular weight excluding hydrogens is 688 g/mol. The molecule has 2 rings (SSSR count). The lowest BCUT2D eigenvalue weighted by Gasteiger charge is -2.36. The van der Waals surface area contributed by atoms with Gasteiger partial charge in [0.05, 0.1) is 18.2 Å². The first-order chi connectivity index (χ1) is 25.7. The molecule has 1 fully saturated rings. The van der Waals surface area contributed by atoms with Crippen molar-refractivity contribution in [2.75, 3.05) is 13.6 Å². The second-order valence-corrected chi connectivity index (χ2v) is 14.4. The number of aliphatic hydroxyl groups is 2. The van der Waals surface area contributed by atoms with Crippen LogP contribution in [0.3, 0.4) is 0 Å². The van der Waals surface area contributed by atoms with Crippen LogP contribution in [0.15, 0.2) is 78.4 Å². The number of hydrogen-bond donors (Lipinski definition) is 5. The van der Waals surface area contributed by atoms with Crippen molar-refractivity contribution in [2.24, 2.45) is 17.8 Å². The predicted octanol–water partition coefficient (Wildman–Crippen LogP) is 3.93. The van der Waals surface area contributed by atoms with Gasteiger partial charge in [0.15, 0.2) is 5.78 Å². The molecule has 0 saturated carbocycles. The Hall–Kier alpha value is -4.23. The molecule has 8 atom stereocenters. The maximum absolute atomic E-state index is 14.0. The molecule has 0 aromatic heterocycles. The number of esters is 1. The van der Waals surface area contributed by atoms with Gasteiger partial charge in [-0.1, -0.05) is 101 Å². The van der Waals surface area contributed by atoms with E-state index in [9.17, 15) is 34.2 Å². The topological polar surface area (TPSA) is 174 Å². The Labute approximate surface area is 321 Å². The quantitative estimate of drug-likeness (QED) is 0.0506. The first-order valence-electron chi connectivity index (χ1n) is 19.0. The van der Waals surface area contributed by atoms with Gasteiger partial charge in [-0.3, -0.25) is 24.2 Å². The number of carbonyl (C=O) groups is 5. The average molecular weight is 751 g/mol. The van der Waals surface area contributed by atoms with Gasteiger partial charge in [-0.15, -0.1) is 0 Å². The summed E-state index contributed by atoms with van der Waals surface area (Å²) >= 11 is 0. The third-order valence-corrected chi connectivity index (χ3v) is 9.57. The highest BCUT2D eigenvalue weighted by atomic mass is 16.5. The van der Waals surface area contributed by atoms with Crippen molar-refractivity contribution in [3.8, 4) is 0 Å². The van der Waals surface area contributed by atoms with E-state index in [1.165, 1.54) is 24.1 Å². The molecule has 1 aliphatic rings. The number of aldehydes is 1. The van der Waals surface area contributed by atoms with Gasteiger partial charge >= 0.3 is 5.97 Å². The largest absolute Gasteiger partial charge is 0.456 e. The van der Waals surface area contributed by atoms with Gasteiger partial charge in [0.25, 0.3) is 5.91 Å². The molecule has 12 heteroatoms. The fourth-order valence-electron chi connectivity index (χ4n) is 6.25. The van der Waals surface area contributed by atoms with Gasteiger partial charge in [-0.05, 0) is 63.3 Å². The van der Waals surface area contributed by atoms with Gasteiger partial charge in [0.1, 0.15) is 24.5 Å². The summed E-state index contributed by atoms with van der Waals surface area (Å²) < 4.78 is 5.99. The monoisotopic (exact) mass is 750 g/mol. The van der Waals surface area contributed by atoms with E-state index in [2.05, 4.69) is 16.1 Å². The number of aliphatic hydroxyl groups excluding tert-OH is 2. The number of ether oxygens (including phenoxy) is 1. The summed E-state index contributed by atoms with van der Waals surface area (Å²) in [6.45, 7) is 11.0. The zero-order valence-electron chi connectivity index (χ0n) is 32.9. The Balaban J connectivity index is 2.20. The van der Waals surface area contributed by atoms with E-state index in [0.29, 0.717) is 31.4 Å². The smallest absolute Gasteiger partial charge is 0.325 e. The number of rotatable bonds is 22. The van der Waals surface area contributed by atoms with Crippen LogP contribution in [0.5, 0.6) is 0 Å². The Morgan fingerprint density at radius 3 is 2.37 bits per heavy atom. The van der Waals surface area contributed by atoms with Gasteiger partial charge < -0.3 is 30.4 Å². The highest BCUT2D eigenvalue weighted by Crippen LogP contribution is 2.21. The van der Waals surface area contributed by atoms with Crippen LogP contribution in [-0.4, -0.2) is 95.1 Å². The number of nitrogens with one attached hydrogen (secondary N) is 3. The molecule has 1 aromatic rings. The molecule has 1 saturated heterocycles. The Morgan fingerprint density at radius 1 is 1.06 bits per heavy atom. The van der Waals surface area contributed by atoms with Crippen molar-refractivity contribution in [2.45, 2.75) is 117 Å². The molecule has 0 spiro atoms. The van der Waals surface area contributed by atoms with Gasteiger partial charge in [-0.2, -0.15) is 0 Å². The van der Waals surface area contributed by atoms with Crippen LogP contribution in [0.2, 0.25) is 0 Å². The van der Waals surface area contributed by atoms with Crippen LogP contribution in [0.1, 0.15) is 79.2 Å². The van der Waals surface area contributed by atoms with Crippen molar-refractivity contribution >= 4 is 29.9 Å². The van der Waals surface area contributed by atoms with Crippen molar-refractivity contribution in [3.05, 3.63) is 84.0 Å². The van der Waals surface area contributed by atoms with Gasteiger partial charge in [0, 0.05) is 31.2 Å². The van der Waals surface area contributed by atoms with Crippen LogP contribution in [0.25, 0.3) is 0 Å². The second kappa shape index (κ2) is 24.2. The highest BCUT2D eigenvalue weighted by Gasteiger charge is 2.35. The zero-order valence-corrected chi connectivity index (χ0v) is 32.9. The summed E-state index contributed by atoms with van der Waals surface area (Å²) in [5.74, 6) is -2.46. The number of ketones is 1. The van der Waals surface area contributed by atoms with Crippen molar-refractivity contribution in [3.63, 3.8) is 0 Å². The second-order valence-electron chi connectivity index (χ2n) is 14.4. The SMILES string of the molecule is CCCC(C=O)C(O)C(C)[C@@H](O)/C=C/C=C/C[C@H](OC(=O)C1CCCN(C(=O)C(Cc2ccccc2)NC(=O)C(NC)C(C)C)N1)/C(C)=C/C=C/C(C)=O. The molecule has 54 heavy (non-hydrogen) atoms. The molecule has 12 nitrogen and oxygen atoms in total. The molecular formula is C42H62N4O8. The first kappa shape index (κ1) is 45.9. The van der Waals surface area contributed by atoms with Gasteiger partial charge in [0.2, 0.25) is 5.91 Å². The highest BCUT2D eigenvalue weighted by molar-refractivity contribution is 5.90. The van der Waals surface area contributed by atoms with Crippen LogP contribution in [0, 0.1) is 17.8 Å². The fraction of sp³-hybridized carbons (Fsp3) is 0.548. The third kappa shape index (κ3) is 15.3. The summed E-state index contributed by atoms with van der Waals surface area (Å²) in [5.41, 5.74) is 4.61. The van der Waals surface area contributed by atoms with E-state index in [0.717, 1.165) is 18.3 Å². The van der Waals surface area contributed by atoms with Crippen LogP contribution in [0.4, 0.5) is 0 Å². The van der Waals surface area contributed by atoms with Crippen molar-refractivity contribution < 1.29 is 38.9 Å². The standard InChI is InChI=1S/C42H62N4O8/c1-8-17-33(27-47)39(50)31(6)36(49)23-13-10-14-24-37(29(4)18-15-19-30(5)48)54-42(53)34-22-16-25-46(45-34)41(52)35(26-32-20-11-9-12-21-32)44-40(51)38(43-7)28(2)3/h9-15,18-21,23,27-28,31,33-39,43,45,49-50H,8,16-17,22,24-26H2,1-7H3,(H,44,51)/b14-10+,19-15+,23-13+,29-18+/t31?,33?,34?,35?,36-,37-,38?,39?/m0/s1. The lowest BCUT2D eigenvalue weighted by Crippen LogP contribution is -2.61. The maximum atomic E-state index is 14.0. The summed E-state index contributed by atoms with van der Waals surface area (Å²) in [6, 6.07) is 7.22. The number of amides is 2. The minimum atomic E-state index is -0.987. The average Bonchev–Trinajstić information content (AvgIpc) is 3.15. The number of hydrazine groups is 1. The van der Waals surface area contributed by atoms with E-state index in [1.807, 2.05) is 51.1 Å². The third-order valence-electron chi connectivity index (χ3n) is 9.57. The number of likely N-dealkylation sites (N-methyl/N-ethyl adjacent to an activating group) is 1.